The molecule has 0 saturated carbocycles. The summed E-state index contributed by atoms with van der Waals surface area (Å²) in [4.78, 5) is 38.9. The van der Waals surface area contributed by atoms with Crippen molar-refractivity contribution in [3.05, 3.63) is 92.8 Å². The molecule has 0 aliphatic carbocycles. The zero-order chi connectivity index (χ0) is 28.9. The summed E-state index contributed by atoms with van der Waals surface area (Å²) in [5.74, 6) is -2.38. The molecular formula is C27H30N2O9S. The van der Waals surface area contributed by atoms with Crippen molar-refractivity contribution in [1.82, 2.24) is 4.90 Å². The number of carbonyl (C=O) groups is 2. The monoisotopic (exact) mass is 558 g/mol. The van der Waals surface area contributed by atoms with E-state index in [1.807, 2.05) is 13.0 Å². The Morgan fingerprint density at radius 3 is 2.44 bits per heavy atom. The summed E-state index contributed by atoms with van der Waals surface area (Å²) in [7, 11) is -2.49. The van der Waals surface area contributed by atoms with Crippen LogP contribution in [-0.4, -0.2) is 56.7 Å². The Bertz CT molecular complexity index is 1450. The van der Waals surface area contributed by atoms with Crippen LogP contribution in [0, 0.1) is 10.1 Å². The maximum atomic E-state index is 13.1. The van der Waals surface area contributed by atoms with Gasteiger partial charge in [-0.05, 0) is 43.0 Å². The molecule has 39 heavy (non-hydrogen) atoms. The second-order valence-electron chi connectivity index (χ2n) is 8.99. The van der Waals surface area contributed by atoms with E-state index in [1.54, 1.807) is 43.1 Å². The number of nitro groups is 1. The van der Waals surface area contributed by atoms with Gasteiger partial charge in [0.25, 0.3) is 5.69 Å². The molecule has 0 radical (unpaired) electrons. The van der Waals surface area contributed by atoms with Crippen LogP contribution in [0.1, 0.15) is 43.7 Å². The van der Waals surface area contributed by atoms with Gasteiger partial charge >= 0.3 is 22.1 Å². The Balaban J connectivity index is 2.10. The van der Waals surface area contributed by atoms with E-state index in [1.165, 1.54) is 31.4 Å². The Labute approximate surface area is 226 Å². The van der Waals surface area contributed by atoms with Gasteiger partial charge in [0.2, 0.25) is 0 Å². The van der Waals surface area contributed by atoms with Crippen LogP contribution in [0.15, 0.2) is 71.6 Å². The van der Waals surface area contributed by atoms with Gasteiger partial charge in [0.15, 0.2) is 0 Å². The van der Waals surface area contributed by atoms with E-state index >= 15 is 0 Å². The summed E-state index contributed by atoms with van der Waals surface area (Å²) in [6.07, 6.45) is 2.54. The van der Waals surface area contributed by atoms with E-state index in [2.05, 4.69) is 0 Å². The highest BCUT2D eigenvalue weighted by molar-refractivity contribution is 7.86. The number of carbonyl (C=O) groups excluding carboxylic acids is 2. The predicted molar refractivity (Wildman–Crippen MR) is 142 cm³/mol. The van der Waals surface area contributed by atoms with Gasteiger partial charge in [-0.2, -0.15) is 8.42 Å². The summed E-state index contributed by atoms with van der Waals surface area (Å²) in [6, 6.07) is 12.4. The van der Waals surface area contributed by atoms with Gasteiger partial charge in [-0.15, -0.1) is 0 Å². The third-order valence-corrected chi connectivity index (χ3v) is 6.69. The van der Waals surface area contributed by atoms with Crippen molar-refractivity contribution in [3.8, 4) is 5.75 Å². The van der Waals surface area contributed by atoms with Crippen LogP contribution < -0.4 is 4.18 Å². The van der Waals surface area contributed by atoms with E-state index in [0.29, 0.717) is 17.8 Å². The Hall–Kier alpha value is -4.19. The van der Waals surface area contributed by atoms with Crippen molar-refractivity contribution in [2.75, 3.05) is 26.5 Å². The van der Waals surface area contributed by atoms with E-state index in [4.69, 9.17) is 13.7 Å². The molecule has 12 heteroatoms. The number of nitrogens with zero attached hydrogens (tertiary/aromatic N) is 2. The first-order valence-electron chi connectivity index (χ1n) is 12.0. The van der Waals surface area contributed by atoms with Gasteiger partial charge in [-0.25, -0.2) is 9.59 Å². The number of nitro benzene ring substituents is 1. The SMILES string of the molecule is CCOC(=O)C1=CN(CC(C)c2cccc(OS(C)(=O)=O)c2)C(C)=C(C(=O)OC)C1c1cccc([N+](=O)[O-])c1. The molecule has 0 spiro atoms. The maximum Gasteiger partial charge on any atom is 0.336 e. The summed E-state index contributed by atoms with van der Waals surface area (Å²) in [5.41, 5.74) is 1.68. The Morgan fingerprint density at radius 1 is 1.13 bits per heavy atom. The summed E-state index contributed by atoms with van der Waals surface area (Å²) >= 11 is 0. The number of non-ortho nitro benzene ring substituents is 1. The van der Waals surface area contributed by atoms with Crippen molar-refractivity contribution >= 4 is 27.7 Å². The normalized spacial score (nSPS) is 16.3. The number of esters is 2. The predicted octanol–water partition coefficient (Wildman–Crippen LogP) is 4.03. The lowest BCUT2D eigenvalue weighted by molar-refractivity contribution is -0.384. The van der Waals surface area contributed by atoms with E-state index in [-0.39, 0.29) is 35.1 Å². The van der Waals surface area contributed by atoms with E-state index in [9.17, 15) is 28.1 Å². The topological polar surface area (TPSA) is 142 Å². The first-order valence-corrected chi connectivity index (χ1v) is 13.9. The third kappa shape index (κ3) is 7.02. The van der Waals surface area contributed by atoms with Gasteiger partial charge in [0.05, 0.1) is 42.0 Å². The van der Waals surface area contributed by atoms with Crippen LogP contribution in [0.5, 0.6) is 5.75 Å². The van der Waals surface area contributed by atoms with Crippen molar-refractivity contribution in [2.24, 2.45) is 0 Å². The summed E-state index contributed by atoms with van der Waals surface area (Å²) in [5, 5.41) is 11.4. The van der Waals surface area contributed by atoms with Gasteiger partial charge in [0.1, 0.15) is 5.75 Å². The molecule has 2 aromatic carbocycles. The molecule has 2 aromatic rings. The molecule has 1 heterocycles. The maximum absolute atomic E-state index is 13.1. The van der Waals surface area contributed by atoms with Crippen LogP contribution in [0.25, 0.3) is 0 Å². The molecule has 0 N–H and O–H groups in total. The second kappa shape index (κ2) is 12.1. The Kier molecular flexibility index (Phi) is 9.12. The standard InChI is InChI=1S/C27H30N2O9S/c1-6-37-26(30)23-16-28(15-17(2)19-9-8-12-22(14-19)38-39(5,34)35)18(3)24(27(31)36-4)25(23)20-10-7-11-21(13-20)29(32)33/h7-14,16-17,25H,6,15H2,1-5H3. The smallest absolute Gasteiger partial charge is 0.336 e. The highest BCUT2D eigenvalue weighted by atomic mass is 32.2. The third-order valence-electron chi connectivity index (χ3n) is 6.19. The first-order chi connectivity index (χ1) is 18.4. The molecule has 0 amide bonds. The Morgan fingerprint density at radius 2 is 1.82 bits per heavy atom. The number of ether oxygens (including phenoxy) is 2. The molecule has 0 bridgehead atoms. The minimum absolute atomic E-state index is 0.0810. The molecule has 0 saturated heterocycles. The largest absolute Gasteiger partial charge is 0.466 e. The first kappa shape index (κ1) is 29.4. The quantitative estimate of drug-likeness (QED) is 0.181. The number of hydrogen-bond donors (Lipinski definition) is 0. The number of methoxy groups -OCH3 is 1. The zero-order valence-corrected chi connectivity index (χ0v) is 23.1. The molecule has 11 nitrogen and oxygen atoms in total. The fraction of sp³-hybridized carbons (Fsp3) is 0.333. The average molecular weight is 559 g/mol. The van der Waals surface area contributed by atoms with Crippen LogP contribution >= 0.6 is 0 Å². The van der Waals surface area contributed by atoms with Crippen molar-refractivity contribution in [3.63, 3.8) is 0 Å². The molecule has 3 rings (SSSR count). The molecule has 208 valence electrons. The molecule has 2 atom stereocenters. The van der Waals surface area contributed by atoms with Crippen LogP contribution in [0.2, 0.25) is 0 Å². The van der Waals surface area contributed by atoms with Crippen LogP contribution in [0.4, 0.5) is 5.69 Å². The average Bonchev–Trinajstić information content (AvgIpc) is 2.88. The molecule has 1 aliphatic heterocycles. The number of benzene rings is 2. The van der Waals surface area contributed by atoms with Gasteiger partial charge in [-0.1, -0.05) is 31.2 Å². The highest BCUT2D eigenvalue weighted by Gasteiger charge is 2.38. The number of allylic oxidation sites excluding steroid dienone is 1. The lowest BCUT2D eigenvalue weighted by Crippen LogP contribution is -2.33. The lowest BCUT2D eigenvalue weighted by Gasteiger charge is -2.35. The van der Waals surface area contributed by atoms with E-state index < -0.39 is 32.9 Å². The van der Waals surface area contributed by atoms with Gasteiger partial charge in [0, 0.05) is 30.6 Å². The fourth-order valence-electron chi connectivity index (χ4n) is 4.42. The minimum atomic E-state index is -3.71. The zero-order valence-electron chi connectivity index (χ0n) is 22.2. The summed E-state index contributed by atoms with van der Waals surface area (Å²) in [6.45, 7) is 5.62. The van der Waals surface area contributed by atoms with E-state index in [0.717, 1.165) is 11.8 Å². The highest BCUT2D eigenvalue weighted by Crippen LogP contribution is 2.41. The van der Waals surface area contributed by atoms with Crippen molar-refractivity contribution < 1.29 is 36.6 Å². The van der Waals surface area contributed by atoms with Gasteiger partial charge < -0.3 is 18.6 Å². The molecule has 1 aliphatic rings. The summed E-state index contributed by atoms with van der Waals surface area (Å²) < 4.78 is 38.5. The van der Waals surface area contributed by atoms with Crippen LogP contribution in [-0.2, 0) is 29.2 Å². The molecule has 0 fully saturated rings. The fourth-order valence-corrected chi connectivity index (χ4v) is 4.87. The minimum Gasteiger partial charge on any atom is -0.466 e. The second-order valence-corrected chi connectivity index (χ2v) is 10.6. The van der Waals surface area contributed by atoms with Crippen molar-refractivity contribution in [1.29, 1.82) is 0 Å². The lowest BCUT2D eigenvalue weighted by atomic mass is 9.81. The van der Waals surface area contributed by atoms with Crippen LogP contribution in [0.3, 0.4) is 0 Å². The molecule has 2 unspecified atom stereocenters. The molecular weight excluding hydrogens is 528 g/mol. The van der Waals surface area contributed by atoms with Crippen molar-refractivity contribution in [2.45, 2.75) is 32.6 Å². The number of rotatable bonds is 10. The molecule has 0 aromatic heterocycles. The number of hydrogen-bond acceptors (Lipinski definition) is 10. The van der Waals surface area contributed by atoms with Gasteiger partial charge in [-0.3, -0.25) is 10.1 Å².